The van der Waals surface area contributed by atoms with Crippen LogP contribution >= 0.6 is 0 Å². The molecule has 1 amide bonds. The van der Waals surface area contributed by atoms with E-state index in [0.717, 1.165) is 18.8 Å². The zero-order chi connectivity index (χ0) is 15.6. The molecule has 1 aliphatic carbocycles. The molecule has 21 heavy (non-hydrogen) atoms. The van der Waals surface area contributed by atoms with Gasteiger partial charge in [-0.1, -0.05) is 19.8 Å². The van der Waals surface area contributed by atoms with Crippen molar-refractivity contribution < 1.29 is 14.7 Å². The van der Waals surface area contributed by atoms with Crippen molar-refractivity contribution in [2.45, 2.75) is 46.5 Å². The number of hydrogen-bond donors (Lipinski definition) is 3. The molecule has 0 saturated heterocycles. The molecule has 1 heterocycles. The first-order valence-electron chi connectivity index (χ1n) is 7.60. The molecule has 0 aliphatic heterocycles. The van der Waals surface area contributed by atoms with E-state index in [1.807, 2.05) is 0 Å². The van der Waals surface area contributed by atoms with Crippen molar-refractivity contribution in [2.75, 3.05) is 6.54 Å². The van der Waals surface area contributed by atoms with Gasteiger partial charge in [-0.05, 0) is 44.1 Å². The van der Waals surface area contributed by atoms with Crippen LogP contribution in [0, 0.1) is 25.7 Å². The number of aromatic carboxylic acids is 1. The van der Waals surface area contributed by atoms with Crippen LogP contribution in [0.1, 0.15) is 64.7 Å². The number of carbonyl (C=O) groups excluding carboxylic acids is 1. The minimum Gasteiger partial charge on any atom is -0.477 e. The fourth-order valence-electron chi connectivity index (χ4n) is 3.38. The van der Waals surface area contributed by atoms with Crippen LogP contribution < -0.4 is 5.32 Å². The molecule has 3 N–H and O–H groups in total. The molecule has 2 unspecified atom stereocenters. The molecular formula is C16H24N2O3. The molecule has 1 saturated carbocycles. The van der Waals surface area contributed by atoms with Crippen LogP contribution in [0.2, 0.25) is 0 Å². The average molecular weight is 292 g/mol. The van der Waals surface area contributed by atoms with Crippen molar-refractivity contribution in [3.63, 3.8) is 0 Å². The molecule has 0 bridgehead atoms. The highest BCUT2D eigenvalue weighted by atomic mass is 16.4. The molecule has 1 aromatic heterocycles. The van der Waals surface area contributed by atoms with Crippen LogP contribution in [-0.2, 0) is 0 Å². The third-order valence-corrected chi connectivity index (χ3v) is 4.47. The second kappa shape index (κ2) is 6.33. The predicted octanol–water partition coefficient (Wildman–Crippen LogP) is 2.89. The van der Waals surface area contributed by atoms with Crippen molar-refractivity contribution in [3.8, 4) is 0 Å². The van der Waals surface area contributed by atoms with E-state index in [-0.39, 0.29) is 11.6 Å². The van der Waals surface area contributed by atoms with Gasteiger partial charge in [-0.15, -0.1) is 0 Å². The highest BCUT2D eigenvalue weighted by Crippen LogP contribution is 2.28. The Morgan fingerprint density at radius 2 is 2.05 bits per heavy atom. The number of aromatic amines is 1. The number of amides is 1. The molecule has 1 aromatic rings. The molecule has 0 aromatic carbocycles. The number of carboxylic acids is 1. The Morgan fingerprint density at radius 1 is 1.33 bits per heavy atom. The Labute approximate surface area is 125 Å². The standard InChI is InChI=1S/C16H24N2O3/c1-9-5-4-6-12(7-9)8-17-15(19)13-10(2)14(16(20)21)18-11(13)3/h9,12,18H,4-8H2,1-3H3,(H,17,19)(H,20,21). The molecule has 0 spiro atoms. The number of nitrogens with one attached hydrogen (secondary N) is 2. The third-order valence-electron chi connectivity index (χ3n) is 4.47. The largest absolute Gasteiger partial charge is 0.477 e. The van der Waals surface area contributed by atoms with Gasteiger partial charge in [0.1, 0.15) is 5.69 Å². The number of carbonyl (C=O) groups is 2. The highest BCUT2D eigenvalue weighted by Gasteiger charge is 2.23. The third kappa shape index (κ3) is 3.46. The van der Waals surface area contributed by atoms with E-state index in [9.17, 15) is 9.59 Å². The van der Waals surface area contributed by atoms with Crippen molar-refractivity contribution in [3.05, 3.63) is 22.5 Å². The summed E-state index contributed by atoms with van der Waals surface area (Å²) in [5, 5.41) is 12.1. The van der Waals surface area contributed by atoms with Gasteiger partial charge in [0, 0.05) is 12.2 Å². The summed E-state index contributed by atoms with van der Waals surface area (Å²) in [7, 11) is 0. The van der Waals surface area contributed by atoms with Gasteiger partial charge in [0.15, 0.2) is 0 Å². The lowest BCUT2D eigenvalue weighted by atomic mass is 9.82. The van der Waals surface area contributed by atoms with Gasteiger partial charge in [0.05, 0.1) is 5.56 Å². The van der Waals surface area contributed by atoms with Gasteiger partial charge >= 0.3 is 5.97 Å². The quantitative estimate of drug-likeness (QED) is 0.798. The van der Waals surface area contributed by atoms with Gasteiger partial charge in [-0.3, -0.25) is 4.79 Å². The van der Waals surface area contributed by atoms with Crippen molar-refractivity contribution in [1.29, 1.82) is 0 Å². The maximum atomic E-state index is 12.3. The van der Waals surface area contributed by atoms with Gasteiger partial charge in [-0.25, -0.2) is 4.79 Å². The fraction of sp³-hybridized carbons (Fsp3) is 0.625. The first-order chi connectivity index (χ1) is 9.90. The number of aryl methyl sites for hydroxylation is 1. The minimum absolute atomic E-state index is 0.101. The van der Waals surface area contributed by atoms with Crippen LogP contribution in [0.5, 0.6) is 0 Å². The molecule has 1 fully saturated rings. The van der Waals surface area contributed by atoms with Crippen LogP contribution in [0.3, 0.4) is 0 Å². The van der Waals surface area contributed by atoms with E-state index >= 15 is 0 Å². The maximum absolute atomic E-state index is 12.3. The summed E-state index contributed by atoms with van der Waals surface area (Å²) in [6.07, 6.45) is 4.83. The summed E-state index contributed by atoms with van der Waals surface area (Å²) in [4.78, 5) is 26.2. The second-order valence-electron chi connectivity index (χ2n) is 6.28. The van der Waals surface area contributed by atoms with E-state index in [4.69, 9.17) is 5.11 Å². The van der Waals surface area contributed by atoms with Crippen LogP contribution in [0.25, 0.3) is 0 Å². The molecule has 1 aliphatic rings. The van der Waals surface area contributed by atoms with Gasteiger partial charge in [-0.2, -0.15) is 0 Å². The molecule has 2 rings (SSSR count). The van der Waals surface area contributed by atoms with E-state index in [1.165, 1.54) is 12.8 Å². The second-order valence-corrected chi connectivity index (χ2v) is 6.28. The normalized spacial score (nSPS) is 22.0. The van der Waals surface area contributed by atoms with Crippen molar-refractivity contribution >= 4 is 11.9 Å². The Kier molecular flexibility index (Phi) is 4.70. The summed E-state index contributed by atoms with van der Waals surface area (Å²) < 4.78 is 0. The minimum atomic E-state index is -1.03. The summed E-state index contributed by atoms with van der Waals surface area (Å²) in [5.41, 5.74) is 1.69. The Bertz CT molecular complexity index is 548. The summed E-state index contributed by atoms with van der Waals surface area (Å²) in [5.74, 6) is 0.0638. The SMILES string of the molecule is Cc1[nH]c(C(=O)O)c(C)c1C(=O)NCC1CCCC(C)C1. The highest BCUT2D eigenvalue weighted by molar-refractivity contribution is 6.00. The zero-order valence-corrected chi connectivity index (χ0v) is 13.0. The lowest BCUT2D eigenvalue weighted by Crippen LogP contribution is -2.32. The van der Waals surface area contributed by atoms with Gasteiger partial charge in [0.2, 0.25) is 0 Å². The van der Waals surface area contributed by atoms with E-state index in [1.54, 1.807) is 13.8 Å². The fourth-order valence-corrected chi connectivity index (χ4v) is 3.38. The van der Waals surface area contributed by atoms with E-state index in [2.05, 4.69) is 17.2 Å². The summed E-state index contributed by atoms with van der Waals surface area (Å²) >= 11 is 0. The monoisotopic (exact) mass is 292 g/mol. The van der Waals surface area contributed by atoms with Crippen LogP contribution in [-0.4, -0.2) is 28.5 Å². The zero-order valence-electron chi connectivity index (χ0n) is 13.0. The lowest BCUT2D eigenvalue weighted by molar-refractivity contribution is 0.0690. The molecule has 116 valence electrons. The summed E-state index contributed by atoms with van der Waals surface area (Å²) in [6, 6.07) is 0. The molecule has 5 heteroatoms. The van der Waals surface area contributed by atoms with Gasteiger partial charge < -0.3 is 15.4 Å². The van der Waals surface area contributed by atoms with Crippen LogP contribution in [0.4, 0.5) is 0 Å². The Hall–Kier alpha value is -1.78. The first-order valence-corrected chi connectivity index (χ1v) is 7.60. The molecule has 0 radical (unpaired) electrons. The Morgan fingerprint density at radius 3 is 2.62 bits per heavy atom. The van der Waals surface area contributed by atoms with Crippen molar-refractivity contribution in [1.82, 2.24) is 10.3 Å². The number of rotatable bonds is 4. The summed E-state index contributed by atoms with van der Waals surface area (Å²) in [6.45, 7) is 6.34. The predicted molar refractivity (Wildman–Crippen MR) is 80.7 cm³/mol. The smallest absolute Gasteiger partial charge is 0.352 e. The first kappa shape index (κ1) is 15.6. The number of hydrogen-bond acceptors (Lipinski definition) is 2. The van der Waals surface area contributed by atoms with E-state index in [0.29, 0.717) is 29.3 Å². The molecule has 2 atom stereocenters. The number of aromatic nitrogens is 1. The molecule has 5 nitrogen and oxygen atoms in total. The average Bonchev–Trinajstić information content (AvgIpc) is 2.72. The molecular weight excluding hydrogens is 268 g/mol. The van der Waals surface area contributed by atoms with Crippen molar-refractivity contribution in [2.24, 2.45) is 11.8 Å². The number of H-pyrrole nitrogens is 1. The Balaban J connectivity index is 2.02. The topological polar surface area (TPSA) is 82.2 Å². The van der Waals surface area contributed by atoms with Crippen LogP contribution in [0.15, 0.2) is 0 Å². The number of carboxylic acid groups (broad SMARTS) is 1. The maximum Gasteiger partial charge on any atom is 0.352 e. The van der Waals surface area contributed by atoms with Gasteiger partial charge in [0.25, 0.3) is 5.91 Å². The lowest BCUT2D eigenvalue weighted by Gasteiger charge is -2.26. The van der Waals surface area contributed by atoms with E-state index < -0.39 is 5.97 Å².